The lowest BCUT2D eigenvalue weighted by Gasteiger charge is -2.34. The van der Waals surface area contributed by atoms with Crippen molar-refractivity contribution in [3.05, 3.63) is 222 Å². The number of fused-ring (bicyclic) bond motifs is 8. The van der Waals surface area contributed by atoms with Gasteiger partial charge in [-0.15, -0.1) is 0 Å². The first-order valence-corrected chi connectivity index (χ1v) is 19.0. The minimum atomic E-state index is -0.618. The zero-order valence-electron chi connectivity index (χ0n) is 30.8. The molecular formula is C52H35N3O. The van der Waals surface area contributed by atoms with Crippen LogP contribution in [0.15, 0.2) is 199 Å². The van der Waals surface area contributed by atoms with Crippen LogP contribution in [0, 0.1) is 0 Å². The molecule has 7 aromatic carbocycles. The van der Waals surface area contributed by atoms with Crippen molar-refractivity contribution >= 4 is 65.9 Å². The van der Waals surface area contributed by atoms with Crippen LogP contribution in [-0.2, 0) is 5.41 Å². The third-order valence-corrected chi connectivity index (χ3v) is 11.6. The lowest BCUT2D eigenvalue weighted by molar-refractivity contribution is 0.652. The molecule has 3 aromatic heterocycles. The van der Waals surface area contributed by atoms with Crippen molar-refractivity contribution in [2.75, 3.05) is 0 Å². The molecule has 0 radical (unpaired) electrons. The molecule has 1 aliphatic rings. The Hall–Kier alpha value is -7.30. The highest BCUT2D eigenvalue weighted by Crippen LogP contribution is 2.59. The van der Waals surface area contributed by atoms with E-state index in [1.807, 2.05) is 24.3 Å². The first-order valence-electron chi connectivity index (χ1n) is 19.0. The van der Waals surface area contributed by atoms with Crippen LogP contribution in [0.4, 0.5) is 0 Å². The van der Waals surface area contributed by atoms with E-state index in [9.17, 15) is 0 Å². The third kappa shape index (κ3) is 4.47. The van der Waals surface area contributed by atoms with Crippen molar-refractivity contribution < 1.29 is 4.42 Å². The van der Waals surface area contributed by atoms with Gasteiger partial charge in [0.05, 0.1) is 16.4 Å². The lowest BCUT2D eigenvalue weighted by Crippen LogP contribution is -2.28. The maximum atomic E-state index is 6.50. The van der Waals surface area contributed by atoms with Crippen LogP contribution in [0.25, 0.3) is 71.7 Å². The van der Waals surface area contributed by atoms with Gasteiger partial charge in [0.2, 0.25) is 5.71 Å². The molecular weight excluding hydrogens is 683 g/mol. The minimum absolute atomic E-state index is 0.508. The number of benzene rings is 7. The van der Waals surface area contributed by atoms with Crippen molar-refractivity contribution in [2.45, 2.75) is 12.3 Å². The summed E-state index contributed by atoms with van der Waals surface area (Å²) < 4.78 is 8.81. The van der Waals surface area contributed by atoms with Gasteiger partial charge in [-0.3, -0.25) is 4.57 Å². The fraction of sp³-hybridized carbons (Fsp3) is 0.0385. The van der Waals surface area contributed by atoms with Crippen molar-refractivity contribution in [1.82, 2.24) is 14.5 Å². The Morgan fingerprint density at radius 3 is 2.00 bits per heavy atom. The number of allylic oxidation sites excluding steroid dienone is 5. The molecule has 1 aliphatic carbocycles. The predicted molar refractivity (Wildman–Crippen MR) is 231 cm³/mol. The normalized spacial score (nSPS) is 15.3. The standard InChI is InChI=1S/C52H35N3O/c1-3-18-43-47(39-26-12-15-28-42(39)52(43,36-21-6-4-7-22-36)37-23-8-5-9-24-37)33(2)48-50(53-49-40-27-14-17-30-46(40)56-51(49)54-48)55-44-29-16-13-25-38(44)41-31-34-19-10-11-20-35(34)32-45(41)55/h3-32H,1H2,2H3/b43-18+,47-33+. The van der Waals surface area contributed by atoms with Crippen LogP contribution in [0.2, 0.25) is 0 Å². The molecule has 0 saturated carbocycles. The molecule has 3 heterocycles. The van der Waals surface area contributed by atoms with E-state index in [4.69, 9.17) is 14.4 Å². The van der Waals surface area contributed by atoms with E-state index in [0.717, 1.165) is 66.7 Å². The highest BCUT2D eigenvalue weighted by molar-refractivity contribution is 6.14. The van der Waals surface area contributed by atoms with Crippen LogP contribution in [-0.4, -0.2) is 14.5 Å². The molecule has 0 N–H and O–H groups in total. The van der Waals surface area contributed by atoms with E-state index in [2.05, 4.69) is 176 Å². The van der Waals surface area contributed by atoms with E-state index in [1.54, 1.807) is 0 Å². The number of hydrogen-bond donors (Lipinski definition) is 0. The summed E-state index contributed by atoms with van der Waals surface area (Å²) in [6.07, 6.45) is 4.11. The van der Waals surface area contributed by atoms with Gasteiger partial charge in [0.1, 0.15) is 16.8 Å². The number of hydrogen-bond acceptors (Lipinski definition) is 3. The first-order chi connectivity index (χ1) is 27.7. The van der Waals surface area contributed by atoms with Gasteiger partial charge in [-0.1, -0.05) is 158 Å². The lowest BCUT2D eigenvalue weighted by atomic mass is 9.67. The van der Waals surface area contributed by atoms with E-state index >= 15 is 0 Å². The molecule has 264 valence electrons. The molecule has 4 nitrogen and oxygen atoms in total. The fourth-order valence-electron chi connectivity index (χ4n) is 9.32. The molecule has 0 bridgehead atoms. The molecule has 0 unspecified atom stereocenters. The van der Waals surface area contributed by atoms with Crippen molar-refractivity contribution in [3.63, 3.8) is 0 Å². The summed E-state index contributed by atoms with van der Waals surface area (Å²) >= 11 is 0. The smallest absolute Gasteiger partial charge is 0.247 e. The summed E-state index contributed by atoms with van der Waals surface area (Å²) in [4.78, 5) is 11.1. The quantitative estimate of drug-likeness (QED) is 0.178. The van der Waals surface area contributed by atoms with Gasteiger partial charge in [-0.2, -0.15) is 0 Å². The van der Waals surface area contributed by atoms with Crippen molar-refractivity contribution in [2.24, 2.45) is 0 Å². The molecule has 0 amide bonds. The van der Waals surface area contributed by atoms with Crippen molar-refractivity contribution in [3.8, 4) is 5.82 Å². The van der Waals surface area contributed by atoms with E-state index in [0.29, 0.717) is 5.71 Å². The average molecular weight is 718 g/mol. The number of aromatic nitrogens is 3. The second kappa shape index (κ2) is 12.4. The number of furan rings is 1. The minimum Gasteiger partial charge on any atom is -0.436 e. The zero-order valence-corrected chi connectivity index (χ0v) is 30.8. The summed E-state index contributed by atoms with van der Waals surface area (Å²) in [6.45, 7) is 6.47. The molecule has 0 aliphatic heterocycles. The number of nitrogens with zero attached hydrogens (tertiary/aromatic N) is 3. The molecule has 0 atom stereocenters. The summed E-state index contributed by atoms with van der Waals surface area (Å²) in [7, 11) is 0. The molecule has 0 saturated heterocycles. The highest BCUT2D eigenvalue weighted by atomic mass is 16.3. The Morgan fingerprint density at radius 1 is 0.625 bits per heavy atom. The molecule has 10 aromatic rings. The number of para-hydroxylation sites is 2. The Morgan fingerprint density at radius 2 is 1.25 bits per heavy atom. The zero-order chi connectivity index (χ0) is 37.4. The van der Waals surface area contributed by atoms with Crippen LogP contribution in [0.5, 0.6) is 0 Å². The molecule has 0 fully saturated rings. The van der Waals surface area contributed by atoms with Crippen molar-refractivity contribution in [1.29, 1.82) is 0 Å². The summed E-state index contributed by atoms with van der Waals surface area (Å²) in [5.41, 5.74) is 12.2. The topological polar surface area (TPSA) is 43.9 Å². The fourth-order valence-corrected chi connectivity index (χ4v) is 9.32. The Kier molecular flexibility index (Phi) is 7.10. The van der Waals surface area contributed by atoms with E-state index in [-0.39, 0.29) is 0 Å². The molecule has 4 heteroatoms. The second-order valence-corrected chi connectivity index (χ2v) is 14.6. The largest absolute Gasteiger partial charge is 0.436 e. The van der Waals surface area contributed by atoms with Crippen LogP contribution >= 0.6 is 0 Å². The summed E-state index contributed by atoms with van der Waals surface area (Å²) in [5, 5.41) is 5.63. The summed E-state index contributed by atoms with van der Waals surface area (Å²) in [6, 6.07) is 60.3. The van der Waals surface area contributed by atoms with Gasteiger partial charge in [0.25, 0.3) is 0 Å². The van der Waals surface area contributed by atoms with E-state index < -0.39 is 5.41 Å². The molecule has 0 spiro atoms. The molecule has 56 heavy (non-hydrogen) atoms. The Labute approximate surface area is 324 Å². The van der Waals surface area contributed by atoms with Crippen LogP contribution in [0.3, 0.4) is 0 Å². The number of rotatable bonds is 5. The van der Waals surface area contributed by atoms with Gasteiger partial charge in [0.15, 0.2) is 5.82 Å². The summed E-state index contributed by atoms with van der Waals surface area (Å²) in [5.74, 6) is 0.753. The van der Waals surface area contributed by atoms with E-state index in [1.165, 1.54) is 32.8 Å². The van der Waals surface area contributed by atoms with Gasteiger partial charge >= 0.3 is 0 Å². The van der Waals surface area contributed by atoms with Gasteiger partial charge in [-0.05, 0) is 87.0 Å². The maximum absolute atomic E-state index is 6.50. The van der Waals surface area contributed by atoms with Crippen LogP contribution < -0.4 is 0 Å². The van der Waals surface area contributed by atoms with Crippen LogP contribution in [0.1, 0.15) is 34.9 Å². The Bertz CT molecular complexity index is 3230. The predicted octanol–water partition coefficient (Wildman–Crippen LogP) is 13.0. The Balaban J connectivity index is 1.30. The maximum Gasteiger partial charge on any atom is 0.247 e. The van der Waals surface area contributed by atoms with Gasteiger partial charge in [-0.25, -0.2) is 9.97 Å². The average Bonchev–Trinajstić information content (AvgIpc) is 3.88. The SMILES string of the molecule is C=C/C=C1\C(=C(/C)c2nc3oc4ccccc4c3nc2-n2c3ccccc3c3cc4ccccc4cc32)c2ccccc2C1(c1ccccc1)c1ccccc1. The highest BCUT2D eigenvalue weighted by Gasteiger charge is 2.48. The van der Waals surface area contributed by atoms with Gasteiger partial charge in [0, 0.05) is 16.2 Å². The monoisotopic (exact) mass is 717 g/mol. The third-order valence-electron chi connectivity index (χ3n) is 11.6. The second-order valence-electron chi connectivity index (χ2n) is 14.6. The molecule has 11 rings (SSSR count). The first kappa shape index (κ1) is 32.2. The van der Waals surface area contributed by atoms with Gasteiger partial charge < -0.3 is 4.42 Å².